The van der Waals surface area contributed by atoms with E-state index in [4.69, 9.17) is 21.6 Å². The van der Waals surface area contributed by atoms with E-state index in [0.29, 0.717) is 27.8 Å². The number of allylic oxidation sites excluding steroid dienone is 6. The Kier molecular flexibility index (Phi) is 7.50. The Hall–Kier alpha value is -2.77. The average molecular weight is 449 g/mol. The summed E-state index contributed by atoms with van der Waals surface area (Å²) in [7, 11) is 0. The summed E-state index contributed by atoms with van der Waals surface area (Å²) in [5.41, 5.74) is 2.48. The Morgan fingerprint density at radius 2 is 1.78 bits per heavy atom. The van der Waals surface area contributed by atoms with Crippen LogP contribution in [0.1, 0.15) is 56.9 Å². The van der Waals surface area contributed by atoms with E-state index in [1.165, 1.54) is 31.3 Å². The fraction of sp³-hybridized carbons (Fsp3) is 0.407. The second-order valence-electron chi connectivity index (χ2n) is 8.81. The monoisotopic (exact) mass is 448 g/mol. The van der Waals surface area contributed by atoms with Crippen LogP contribution in [0.25, 0.3) is 0 Å². The number of hydrogen-bond acceptors (Lipinski definition) is 3. The van der Waals surface area contributed by atoms with E-state index in [0.717, 1.165) is 25.7 Å². The summed E-state index contributed by atoms with van der Waals surface area (Å²) < 4.78 is 6.05. The van der Waals surface area contributed by atoms with Crippen LogP contribution in [0.5, 0.6) is 5.75 Å². The maximum Gasteiger partial charge on any atom is 0.251 e. The number of amides is 1. The molecule has 1 aromatic carbocycles. The molecule has 32 heavy (non-hydrogen) atoms. The first-order valence-corrected chi connectivity index (χ1v) is 11.9. The molecule has 0 atom stereocenters. The van der Waals surface area contributed by atoms with Gasteiger partial charge in [0.2, 0.25) is 0 Å². The molecule has 166 valence electrons. The van der Waals surface area contributed by atoms with E-state index in [1.807, 2.05) is 24.3 Å². The molecular weight excluding hydrogens is 420 g/mol. The Bertz CT molecular complexity index is 1000. The van der Waals surface area contributed by atoms with Gasteiger partial charge in [-0.3, -0.25) is 4.79 Å². The number of halogens is 1. The van der Waals surface area contributed by atoms with Crippen LogP contribution in [0.3, 0.4) is 0 Å². The van der Waals surface area contributed by atoms with Gasteiger partial charge in [-0.25, -0.2) is 0 Å². The minimum absolute atomic E-state index is 0.0122. The van der Waals surface area contributed by atoms with Crippen LogP contribution in [0.15, 0.2) is 65.8 Å². The van der Waals surface area contributed by atoms with Gasteiger partial charge in [-0.05, 0) is 74.3 Å². The molecule has 0 saturated heterocycles. The highest BCUT2D eigenvalue weighted by Gasteiger charge is 2.25. The lowest BCUT2D eigenvalue weighted by atomic mass is 9.92. The van der Waals surface area contributed by atoms with Gasteiger partial charge in [-0.2, -0.15) is 5.26 Å². The zero-order chi connectivity index (χ0) is 22.3. The number of benzene rings is 1. The number of nitriles is 1. The third kappa shape index (κ3) is 5.72. The van der Waals surface area contributed by atoms with Crippen molar-refractivity contribution >= 4 is 17.5 Å². The van der Waals surface area contributed by atoms with Crippen molar-refractivity contribution in [1.29, 1.82) is 5.26 Å². The second-order valence-corrected chi connectivity index (χ2v) is 9.21. The minimum atomic E-state index is -0.0122. The molecule has 0 aliphatic heterocycles. The molecule has 0 spiro atoms. The van der Waals surface area contributed by atoms with Gasteiger partial charge in [0, 0.05) is 17.7 Å². The van der Waals surface area contributed by atoms with E-state index >= 15 is 0 Å². The number of rotatable bonds is 5. The summed E-state index contributed by atoms with van der Waals surface area (Å²) in [6, 6.07) is 7.37. The van der Waals surface area contributed by atoms with Gasteiger partial charge < -0.3 is 10.1 Å². The van der Waals surface area contributed by atoms with Gasteiger partial charge in [0.05, 0.1) is 16.7 Å². The maximum absolute atomic E-state index is 12.9. The fourth-order valence-electron chi connectivity index (χ4n) is 4.75. The summed E-state index contributed by atoms with van der Waals surface area (Å²) in [5, 5.41) is 12.6. The van der Waals surface area contributed by atoms with Gasteiger partial charge in [0.25, 0.3) is 5.91 Å². The summed E-state index contributed by atoms with van der Waals surface area (Å²) >= 11 is 6.10. The van der Waals surface area contributed by atoms with Gasteiger partial charge in [0.1, 0.15) is 11.8 Å². The van der Waals surface area contributed by atoms with Crippen LogP contribution in [-0.4, -0.2) is 18.1 Å². The predicted molar refractivity (Wildman–Crippen MR) is 127 cm³/mol. The predicted octanol–water partition coefficient (Wildman–Crippen LogP) is 6.19. The smallest absolute Gasteiger partial charge is 0.251 e. The van der Waals surface area contributed by atoms with E-state index in [9.17, 15) is 4.79 Å². The number of carbonyl (C=O) groups is 1. The maximum atomic E-state index is 12.9. The van der Waals surface area contributed by atoms with Crippen molar-refractivity contribution in [3.05, 3.63) is 76.4 Å². The number of hydrogen-bond donors (Lipinski definition) is 1. The molecule has 4 nitrogen and oxygen atoms in total. The van der Waals surface area contributed by atoms with E-state index in [1.54, 1.807) is 18.2 Å². The molecule has 0 bridgehead atoms. The number of nitrogens with one attached hydrogen (secondary N) is 1. The van der Waals surface area contributed by atoms with Crippen molar-refractivity contribution in [3.63, 3.8) is 0 Å². The molecule has 4 rings (SSSR count). The van der Waals surface area contributed by atoms with Crippen LogP contribution in [0.2, 0.25) is 5.02 Å². The van der Waals surface area contributed by atoms with Crippen LogP contribution in [0, 0.1) is 17.2 Å². The summed E-state index contributed by atoms with van der Waals surface area (Å²) in [4.78, 5) is 12.9. The SMILES string of the molecule is N#Cc1ccc(OC2CCC(NC(=O)C3=C/C=C\C=C(C4CCCC4)/C=C\3)CC2)cc1Cl. The van der Waals surface area contributed by atoms with Crippen LogP contribution in [0.4, 0.5) is 0 Å². The van der Waals surface area contributed by atoms with Gasteiger partial charge in [0.15, 0.2) is 0 Å². The van der Waals surface area contributed by atoms with Crippen molar-refractivity contribution in [3.8, 4) is 11.8 Å². The normalized spacial score (nSPS) is 28.8. The molecule has 1 amide bonds. The van der Waals surface area contributed by atoms with Crippen LogP contribution >= 0.6 is 11.6 Å². The van der Waals surface area contributed by atoms with E-state index in [2.05, 4.69) is 23.5 Å². The standard InChI is InChI=1S/C27H29ClN2O2/c28-26-17-25(14-11-22(26)18-29)32-24-15-12-23(13-16-24)30-27(31)21-8-4-3-7-20(9-10-21)19-5-1-2-6-19/h3-4,7-11,14,17,19,23-24H,1-2,5-6,12-13,15-16H2,(H,30,31)/b4-3-,7-3?,8-4?,10-9-,20-7+,20-9?,21-8+,21-10?. The topological polar surface area (TPSA) is 62.1 Å². The van der Waals surface area contributed by atoms with Gasteiger partial charge in [-0.1, -0.05) is 48.7 Å². The molecule has 3 aliphatic rings. The Balaban J connectivity index is 1.27. The molecule has 1 N–H and O–H groups in total. The lowest BCUT2D eigenvalue weighted by molar-refractivity contribution is -0.118. The van der Waals surface area contributed by atoms with E-state index in [-0.39, 0.29) is 18.1 Å². The van der Waals surface area contributed by atoms with Crippen LogP contribution < -0.4 is 10.1 Å². The van der Waals surface area contributed by atoms with Gasteiger partial charge >= 0.3 is 0 Å². The number of carbonyl (C=O) groups excluding carboxylic acids is 1. The molecule has 0 heterocycles. The first-order chi connectivity index (χ1) is 15.6. The van der Waals surface area contributed by atoms with Crippen molar-refractivity contribution in [1.82, 2.24) is 5.32 Å². The first-order valence-electron chi connectivity index (χ1n) is 11.6. The third-order valence-electron chi connectivity index (χ3n) is 6.59. The average Bonchev–Trinajstić information content (AvgIpc) is 3.30. The summed E-state index contributed by atoms with van der Waals surface area (Å²) in [6.07, 6.45) is 20.8. The Labute approximate surface area is 195 Å². The molecule has 3 aliphatic carbocycles. The zero-order valence-electron chi connectivity index (χ0n) is 18.2. The highest BCUT2D eigenvalue weighted by Crippen LogP contribution is 2.32. The zero-order valence-corrected chi connectivity index (χ0v) is 19.0. The van der Waals surface area contributed by atoms with Crippen molar-refractivity contribution in [2.24, 2.45) is 5.92 Å². The molecule has 0 unspecified atom stereocenters. The van der Waals surface area contributed by atoms with Gasteiger partial charge in [-0.15, -0.1) is 0 Å². The van der Waals surface area contributed by atoms with E-state index < -0.39 is 0 Å². The third-order valence-corrected chi connectivity index (χ3v) is 6.91. The Morgan fingerprint density at radius 1 is 1.03 bits per heavy atom. The molecule has 1 aromatic rings. The first kappa shape index (κ1) is 22.4. The quantitative estimate of drug-likeness (QED) is 0.584. The largest absolute Gasteiger partial charge is 0.490 e. The Morgan fingerprint density at radius 3 is 2.50 bits per heavy atom. The molecular formula is C27H29ClN2O2. The minimum Gasteiger partial charge on any atom is -0.490 e. The second kappa shape index (κ2) is 10.7. The molecule has 0 aromatic heterocycles. The lowest BCUT2D eigenvalue weighted by Crippen LogP contribution is -2.40. The van der Waals surface area contributed by atoms with Crippen LogP contribution in [-0.2, 0) is 4.79 Å². The van der Waals surface area contributed by atoms with Crippen molar-refractivity contribution in [2.75, 3.05) is 0 Å². The summed E-state index contributed by atoms with van der Waals surface area (Å²) in [6.45, 7) is 0. The van der Waals surface area contributed by atoms with Crippen molar-refractivity contribution in [2.45, 2.75) is 63.5 Å². The number of ether oxygens (including phenoxy) is 1. The molecule has 0 radical (unpaired) electrons. The highest BCUT2D eigenvalue weighted by atomic mass is 35.5. The number of nitrogens with zero attached hydrogens (tertiary/aromatic N) is 1. The molecule has 2 saturated carbocycles. The summed E-state index contributed by atoms with van der Waals surface area (Å²) in [5.74, 6) is 1.30. The van der Waals surface area contributed by atoms with Crippen molar-refractivity contribution < 1.29 is 9.53 Å². The lowest BCUT2D eigenvalue weighted by Gasteiger charge is -2.29. The fourth-order valence-corrected chi connectivity index (χ4v) is 4.96. The molecule has 5 heteroatoms. The highest BCUT2D eigenvalue weighted by molar-refractivity contribution is 6.31. The molecule has 2 fully saturated rings.